The smallest absolute Gasteiger partial charge is 0.0328 e. The minimum Gasteiger partial charge on any atom is -0.307 e. The molecule has 1 aromatic carbocycles. The average Bonchev–Trinajstić information content (AvgIpc) is 2.89. The van der Waals surface area contributed by atoms with Crippen molar-refractivity contribution in [3.63, 3.8) is 0 Å². The molecule has 1 heteroatoms. The molecule has 104 valence electrons. The van der Waals surface area contributed by atoms with Gasteiger partial charge in [-0.3, -0.25) is 0 Å². The van der Waals surface area contributed by atoms with E-state index in [1.807, 2.05) is 0 Å². The lowest BCUT2D eigenvalue weighted by atomic mass is 9.82. The summed E-state index contributed by atoms with van der Waals surface area (Å²) in [5.41, 5.74) is 3.13. The third-order valence-corrected chi connectivity index (χ3v) is 5.21. The van der Waals surface area contributed by atoms with Gasteiger partial charge in [-0.2, -0.15) is 0 Å². The largest absolute Gasteiger partial charge is 0.307 e. The third kappa shape index (κ3) is 2.86. The average molecular weight is 257 g/mol. The minimum atomic E-state index is 0.614. The fourth-order valence-electron chi connectivity index (χ4n) is 4.11. The molecule has 1 nitrogen and oxygen atoms in total. The number of benzene rings is 1. The second kappa shape index (κ2) is 6.09. The molecule has 2 unspecified atom stereocenters. The van der Waals surface area contributed by atoms with E-state index >= 15 is 0 Å². The van der Waals surface area contributed by atoms with Gasteiger partial charge in [0.15, 0.2) is 0 Å². The van der Waals surface area contributed by atoms with Crippen LogP contribution in [0.25, 0.3) is 0 Å². The van der Waals surface area contributed by atoms with Crippen molar-refractivity contribution in [2.24, 2.45) is 5.92 Å². The van der Waals surface area contributed by atoms with Gasteiger partial charge in [-0.25, -0.2) is 0 Å². The molecule has 1 fully saturated rings. The summed E-state index contributed by atoms with van der Waals surface area (Å²) in [6.45, 7) is 2.35. The molecule has 19 heavy (non-hydrogen) atoms. The van der Waals surface area contributed by atoms with E-state index in [1.54, 1.807) is 11.1 Å². The zero-order chi connectivity index (χ0) is 13.1. The number of rotatable bonds is 4. The van der Waals surface area contributed by atoms with Gasteiger partial charge in [0.2, 0.25) is 0 Å². The zero-order valence-electron chi connectivity index (χ0n) is 12.2. The van der Waals surface area contributed by atoms with Gasteiger partial charge in [-0.05, 0) is 49.1 Å². The SMILES string of the molecule is CCC(NC1CCc2ccccc21)C1CCCCC1. The highest BCUT2D eigenvalue weighted by Crippen LogP contribution is 2.34. The van der Waals surface area contributed by atoms with E-state index in [4.69, 9.17) is 0 Å². The molecular weight excluding hydrogens is 230 g/mol. The van der Waals surface area contributed by atoms with Crippen molar-refractivity contribution in [3.05, 3.63) is 35.4 Å². The Morgan fingerprint density at radius 2 is 1.89 bits per heavy atom. The monoisotopic (exact) mass is 257 g/mol. The molecule has 0 saturated heterocycles. The molecule has 0 radical (unpaired) electrons. The van der Waals surface area contributed by atoms with E-state index in [1.165, 1.54) is 51.4 Å². The van der Waals surface area contributed by atoms with Crippen molar-refractivity contribution in [1.82, 2.24) is 5.32 Å². The summed E-state index contributed by atoms with van der Waals surface area (Å²) in [5.74, 6) is 0.923. The van der Waals surface area contributed by atoms with Crippen LogP contribution in [0.1, 0.15) is 69.0 Å². The molecule has 1 aromatic rings. The Balaban J connectivity index is 1.67. The van der Waals surface area contributed by atoms with Crippen LogP contribution in [0.3, 0.4) is 0 Å². The summed E-state index contributed by atoms with van der Waals surface area (Å²) in [4.78, 5) is 0. The molecule has 2 atom stereocenters. The maximum atomic E-state index is 3.99. The maximum Gasteiger partial charge on any atom is 0.0328 e. The van der Waals surface area contributed by atoms with Crippen LogP contribution in [0.4, 0.5) is 0 Å². The van der Waals surface area contributed by atoms with E-state index in [2.05, 4.69) is 36.5 Å². The first-order valence-electron chi connectivity index (χ1n) is 8.22. The Labute approximate surface area is 117 Å². The van der Waals surface area contributed by atoms with Crippen LogP contribution in [0.5, 0.6) is 0 Å². The number of fused-ring (bicyclic) bond motifs is 1. The summed E-state index contributed by atoms with van der Waals surface area (Å²) < 4.78 is 0. The summed E-state index contributed by atoms with van der Waals surface area (Å²) in [6, 6.07) is 10.4. The summed E-state index contributed by atoms with van der Waals surface area (Å²) in [6.07, 6.45) is 11.1. The van der Waals surface area contributed by atoms with E-state index in [0.29, 0.717) is 6.04 Å². The van der Waals surface area contributed by atoms with Crippen LogP contribution in [-0.4, -0.2) is 6.04 Å². The van der Waals surface area contributed by atoms with Gasteiger partial charge in [-0.15, -0.1) is 0 Å². The Kier molecular flexibility index (Phi) is 4.22. The Morgan fingerprint density at radius 1 is 1.11 bits per heavy atom. The molecule has 0 spiro atoms. The minimum absolute atomic E-state index is 0.614. The predicted octanol–water partition coefficient (Wildman–Crippen LogP) is 4.62. The number of hydrogen-bond acceptors (Lipinski definition) is 1. The van der Waals surface area contributed by atoms with Gasteiger partial charge in [0, 0.05) is 12.1 Å². The third-order valence-electron chi connectivity index (χ3n) is 5.21. The fraction of sp³-hybridized carbons (Fsp3) is 0.667. The van der Waals surface area contributed by atoms with Gasteiger partial charge in [0.05, 0.1) is 0 Å². The lowest BCUT2D eigenvalue weighted by molar-refractivity contribution is 0.245. The molecule has 0 aliphatic heterocycles. The first kappa shape index (κ1) is 13.2. The van der Waals surface area contributed by atoms with E-state index in [-0.39, 0.29) is 0 Å². The Hall–Kier alpha value is -0.820. The summed E-state index contributed by atoms with van der Waals surface area (Å²) in [5, 5.41) is 3.99. The molecule has 0 heterocycles. The molecule has 2 aliphatic rings. The topological polar surface area (TPSA) is 12.0 Å². The lowest BCUT2D eigenvalue weighted by Crippen LogP contribution is -2.38. The van der Waals surface area contributed by atoms with Crippen molar-refractivity contribution in [3.8, 4) is 0 Å². The van der Waals surface area contributed by atoms with Gasteiger partial charge >= 0.3 is 0 Å². The van der Waals surface area contributed by atoms with Crippen LogP contribution in [0.15, 0.2) is 24.3 Å². The molecule has 2 aliphatic carbocycles. The molecule has 0 bridgehead atoms. The fourth-order valence-corrected chi connectivity index (χ4v) is 4.11. The van der Waals surface area contributed by atoms with Crippen LogP contribution in [-0.2, 0) is 6.42 Å². The van der Waals surface area contributed by atoms with Crippen molar-refractivity contribution in [2.45, 2.75) is 70.4 Å². The highest BCUT2D eigenvalue weighted by molar-refractivity contribution is 5.34. The number of aryl methyl sites for hydroxylation is 1. The molecule has 1 saturated carbocycles. The second-order valence-corrected chi connectivity index (χ2v) is 6.37. The van der Waals surface area contributed by atoms with Gasteiger partial charge in [0.25, 0.3) is 0 Å². The first-order chi connectivity index (χ1) is 9.38. The molecule has 0 amide bonds. The number of nitrogens with one attached hydrogen (secondary N) is 1. The highest BCUT2D eigenvalue weighted by Gasteiger charge is 2.28. The van der Waals surface area contributed by atoms with Gasteiger partial charge < -0.3 is 5.32 Å². The highest BCUT2D eigenvalue weighted by atomic mass is 15.0. The predicted molar refractivity (Wildman–Crippen MR) is 81.3 cm³/mol. The van der Waals surface area contributed by atoms with Crippen molar-refractivity contribution in [1.29, 1.82) is 0 Å². The Morgan fingerprint density at radius 3 is 2.68 bits per heavy atom. The van der Waals surface area contributed by atoms with Gasteiger partial charge in [0.1, 0.15) is 0 Å². The van der Waals surface area contributed by atoms with E-state index in [0.717, 1.165) is 12.0 Å². The Bertz CT molecular complexity index is 406. The summed E-state index contributed by atoms with van der Waals surface area (Å²) in [7, 11) is 0. The quantitative estimate of drug-likeness (QED) is 0.829. The molecule has 1 N–H and O–H groups in total. The normalized spacial score (nSPS) is 25.2. The summed E-state index contributed by atoms with van der Waals surface area (Å²) >= 11 is 0. The number of hydrogen-bond donors (Lipinski definition) is 1. The van der Waals surface area contributed by atoms with Gasteiger partial charge in [-0.1, -0.05) is 50.5 Å². The van der Waals surface area contributed by atoms with Crippen LogP contribution < -0.4 is 5.32 Å². The lowest BCUT2D eigenvalue weighted by Gasteiger charge is -2.32. The van der Waals surface area contributed by atoms with Crippen molar-refractivity contribution < 1.29 is 0 Å². The van der Waals surface area contributed by atoms with Crippen LogP contribution >= 0.6 is 0 Å². The van der Waals surface area contributed by atoms with E-state index in [9.17, 15) is 0 Å². The van der Waals surface area contributed by atoms with Crippen LogP contribution in [0, 0.1) is 5.92 Å². The molecular formula is C18H27N. The maximum absolute atomic E-state index is 3.99. The standard InChI is InChI=1S/C18H27N/c1-2-17(15-9-4-3-5-10-15)19-18-13-12-14-8-6-7-11-16(14)18/h6-8,11,15,17-19H,2-5,9-10,12-13H2,1H3. The van der Waals surface area contributed by atoms with E-state index < -0.39 is 0 Å². The zero-order valence-corrected chi connectivity index (χ0v) is 12.2. The molecule has 0 aromatic heterocycles. The van der Waals surface area contributed by atoms with Crippen molar-refractivity contribution in [2.75, 3.05) is 0 Å². The first-order valence-corrected chi connectivity index (χ1v) is 8.22. The molecule has 3 rings (SSSR count). The second-order valence-electron chi connectivity index (χ2n) is 6.37. The van der Waals surface area contributed by atoms with Crippen LogP contribution in [0.2, 0.25) is 0 Å². The van der Waals surface area contributed by atoms with Crippen molar-refractivity contribution >= 4 is 0 Å².